The maximum atomic E-state index is 12.1. The Bertz CT molecular complexity index is 485. The molecule has 0 bridgehead atoms. The summed E-state index contributed by atoms with van der Waals surface area (Å²) < 4.78 is 0. The molecule has 1 aliphatic rings. The summed E-state index contributed by atoms with van der Waals surface area (Å²) >= 11 is 0. The van der Waals surface area contributed by atoms with Crippen molar-refractivity contribution in [1.29, 1.82) is 0 Å². The van der Waals surface area contributed by atoms with Gasteiger partial charge in [0.1, 0.15) is 0 Å². The van der Waals surface area contributed by atoms with Gasteiger partial charge in [0.25, 0.3) is 0 Å². The van der Waals surface area contributed by atoms with E-state index >= 15 is 0 Å². The lowest BCUT2D eigenvalue weighted by atomic mass is 9.95. The fraction of sp³-hybridized carbons (Fsp3) is 0.333. The highest BCUT2D eigenvalue weighted by Crippen LogP contribution is 2.17. The van der Waals surface area contributed by atoms with Crippen molar-refractivity contribution in [3.63, 3.8) is 0 Å². The van der Waals surface area contributed by atoms with Crippen LogP contribution in [0.25, 0.3) is 0 Å². The molecule has 0 amide bonds. The summed E-state index contributed by atoms with van der Waals surface area (Å²) in [5, 5.41) is 11.8. The van der Waals surface area contributed by atoms with E-state index in [1.807, 2.05) is 0 Å². The van der Waals surface area contributed by atoms with E-state index in [4.69, 9.17) is 5.11 Å². The van der Waals surface area contributed by atoms with E-state index in [1.165, 1.54) is 18.5 Å². The van der Waals surface area contributed by atoms with E-state index in [0.29, 0.717) is 19.4 Å². The maximum absolute atomic E-state index is 12.1. The van der Waals surface area contributed by atoms with Gasteiger partial charge in [-0.05, 0) is 25.5 Å². The van der Waals surface area contributed by atoms with Crippen molar-refractivity contribution in [2.45, 2.75) is 18.9 Å². The molecule has 2 heterocycles. The maximum Gasteiger partial charge on any atom is 0.328 e. The van der Waals surface area contributed by atoms with Crippen LogP contribution < -0.4 is 5.32 Å². The zero-order chi connectivity index (χ0) is 13.0. The Balaban J connectivity index is 2.10. The lowest BCUT2D eigenvalue weighted by Gasteiger charge is -2.23. The van der Waals surface area contributed by atoms with Crippen molar-refractivity contribution in [2.24, 2.45) is 0 Å². The molecule has 2 N–H and O–H groups in total. The summed E-state index contributed by atoms with van der Waals surface area (Å²) in [7, 11) is 0. The minimum atomic E-state index is -0.978. The van der Waals surface area contributed by atoms with Gasteiger partial charge in [-0.15, -0.1) is 0 Å². The SMILES string of the molecule is O=C(O)C=C1CCNC(C(=O)c2ncccn2)C1. The van der Waals surface area contributed by atoms with E-state index < -0.39 is 12.0 Å². The van der Waals surface area contributed by atoms with Crippen LogP contribution in [0.4, 0.5) is 0 Å². The van der Waals surface area contributed by atoms with Crippen LogP contribution in [-0.2, 0) is 4.79 Å². The topological polar surface area (TPSA) is 92.2 Å². The number of aromatic nitrogens is 2. The van der Waals surface area contributed by atoms with Gasteiger partial charge in [-0.25, -0.2) is 14.8 Å². The van der Waals surface area contributed by atoms with Crippen LogP contribution in [0.15, 0.2) is 30.1 Å². The number of aliphatic carboxylic acids is 1. The monoisotopic (exact) mass is 247 g/mol. The molecule has 1 atom stereocenters. The number of carboxylic acids is 1. The van der Waals surface area contributed by atoms with Crippen LogP contribution in [0, 0.1) is 0 Å². The first-order valence-electron chi connectivity index (χ1n) is 5.64. The van der Waals surface area contributed by atoms with Crippen molar-refractivity contribution in [3.05, 3.63) is 35.9 Å². The Morgan fingerprint density at radius 2 is 2.11 bits per heavy atom. The van der Waals surface area contributed by atoms with Gasteiger partial charge in [0.05, 0.1) is 6.04 Å². The molecule has 1 saturated heterocycles. The summed E-state index contributed by atoms with van der Waals surface area (Å²) in [5.41, 5.74) is 0.760. The van der Waals surface area contributed by atoms with Gasteiger partial charge in [0, 0.05) is 18.5 Å². The fourth-order valence-corrected chi connectivity index (χ4v) is 1.92. The molecule has 0 radical (unpaired) electrons. The highest BCUT2D eigenvalue weighted by molar-refractivity contribution is 5.97. The minimum absolute atomic E-state index is 0.159. The number of carbonyl (C=O) groups excluding carboxylic acids is 1. The molecule has 18 heavy (non-hydrogen) atoms. The van der Waals surface area contributed by atoms with Gasteiger partial charge in [-0.2, -0.15) is 0 Å². The third kappa shape index (κ3) is 2.98. The molecule has 0 saturated carbocycles. The second-order valence-corrected chi connectivity index (χ2v) is 4.04. The number of Topliss-reactive ketones (excluding diaryl/α,β-unsaturated/α-hetero) is 1. The zero-order valence-electron chi connectivity index (χ0n) is 9.67. The zero-order valence-corrected chi connectivity index (χ0v) is 9.67. The van der Waals surface area contributed by atoms with Crippen LogP contribution in [0.3, 0.4) is 0 Å². The Morgan fingerprint density at radius 3 is 2.78 bits per heavy atom. The normalized spacial score (nSPS) is 21.8. The molecular weight excluding hydrogens is 234 g/mol. The summed E-state index contributed by atoms with van der Waals surface area (Å²) in [5.74, 6) is -1.02. The molecule has 2 rings (SSSR count). The number of hydrogen-bond acceptors (Lipinski definition) is 5. The van der Waals surface area contributed by atoms with Crippen LogP contribution in [0.5, 0.6) is 0 Å². The largest absolute Gasteiger partial charge is 0.478 e. The first kappa shape index (κ1) is 12.4. The molecule has 1 unspecified atom stereocenters. The Hall–Kier alpha value is -2.08. The third-order valence-corrected chi connectivity index (χ3v) is 2.73. The second kappa shape index (κ2) is 5.50. The van der Waals surface area contributed by atoms with Crippen LogP contribution in [-0.4, -0.2) is 39.4 Å². The lowest BCUT2D eigenvalue weighted by molar-refractivity contribution is -0.131. The Kier molecular flexibility index (Phi) is 3.78. The fourth-order valence-electron chi connectivity index (χ4n) is 1.92. The molecule has 0 spiro atoms. The number of hydrogen-bond donors (Lipinski definition) is 2. The average Bonchev–Trinajstić information content (AvgIpc) is 2.38. The van der Waals surface area contributed by atoms with Crippen LogP contribution in [0.1, 0.15) is 23.5 Å². The summed E-state index contributed by atoms with van der Waals surface area (Å²) in [6.45, 7) is 0.586. The molecule has 1 aromatic heterocycles. The number of carbonyl (C=O) groups is 2. The van der Waals surface area contributed by atoms with E-state index in [9.17, 15) is 9.59 Å². The number of carboxylic acid groups (broad SMARTS) is 1. The summed E-state index contributed by atoms with van der Waals surface area (Å²) in [4.78, 5) is 30.5. The average molecular weight is 247 g/mol. The van der Waals surface area contributed by atoms with E-state index in [-0.39, 0.29) is 11.6 Å². The molecule has 94 valence electrons. The van der Waals surface area contributed by atoms with Crippen molar-refractivity contribution in [1.82, 2.24) is 15.3 Å². The number of rotatable bonds is 3. The Morgan fingerprint density at radius 1 is 1.39 bits per heavy atom. The molecular formula is C12H13N3O3. The minimum Gasteiger partial charge on any atom is -0.478 e. The number of nitrogens with zero attached hydrogens (tertiary/aromatic N) is 2. The molecule has 6 nitrogen and oxygen atoms in total. The van der Waals surface area contributed by atoms with Gasteiger partial charge >= 0.3 is 5.97 Å². The molecule has 1 fully saturated rings. The predicted octanol–water partition coefficient (Wildman–Crippen LogP) is 0.422. The molecule has 0 aromatic carbocycles. The van der Waals surface area contributed by atoms with E-state index in [0.717, 1.165) is 5.57 Å². The van der Waals surface area contributed by atoms with Crippen LogP contribution in [0.2, 0.25) is 0 Å². The summed E-state index contributed by atoms with van der Waals surface area (Å²) in [6, 6.07) is 1.20. The molecule has 0 aliphatic carbocycles. The first-order valence-corrected chi connectivity index (χ1v) is 5.64. The standard InChI is InChI=1S/C12H13N3O3/c16-10(17)7-8-2-5-13-9(6-8)11(18)12-14-3-1-4-15-12/h1,3-4,7,9,13H,2,5-6H2,(H,16,17). The number of ketones is 1. The predicted molar refractivity (Wildman–Crippen MR) is 63.1 cm³/mol. The van der Waals surface area contributed by atoms with E-state index in [2.05, 4.69) is 15.3 Å². The Labute approximate surface area is 104 Å². The molecule has 6 heteroatoms. The van der Waals surface area contributed by atoms with Crippen molar-refractivity contribution >= 4 is 11.8 Å². The smallest absolute Gasteiger partial charge is 0.328 e. The third-order valence-electron chi connectivity index (χ3n) is 2.73. The van der Waals surface area contributed by atoms with Crippen molar-refractivity contribution < 1.29 is 14.7 Å². The van der Waals surface area contributed by atoms with Crippen LogP contribution >= 0.6 is 0 Å². The molecule has 1 aliphatic heterocycles. The van der Waals surface area contributed by atoms with Crippen molar-refractivity contribution in [2.75, 3.05) is 6.54 Å². The quantitative estimate of drug-likeness (QED) is 0.594. The second-order valence-electron chi connectivity index (χ2n) is 4.04. The van der Waals surface area contributed by atoms with Gasteiger partial charge < -0.3 is 10.4 Å². The summed E-state index contributed by atoms with van der Waals surface area (Å²) in [6.07, 6.45) is 5.23. The van der Waals surface area contributed by atoms with Gasteiger partial charge in [0.2, 0.25) is 5.78 Å². The molecule has 1 aromatic rings. The highest BCUT2D eigenvalue weighted by atomic mass is 16.4. The van der Waals surface area contributed by atoms with E-state index in [1.54, 1.807) is 6.07 Å². The number of piperidine rings is 1. The first-order chi connectivity index (χ1) is 8.66. The van der Waals surface area contributed by atoms with Gasteiger partial charge in [-0.3, -0.25) is 4.79 Å². The highest BCUT2D eigenvalue weighted by Gasteiger charge is 2.26. The van der Waals surface area contributed by atoms with Gasteiger partial charge in [-0.1, -0.05) is 5.57 Å². The van der Waals surface area contributed by atoms with Gasteiger partial charge in [0.15, 0.2) is 5.82 Å². The lowest BCUT2D eigenvalue weighted by Crippen LogP contribution is -2.42. The van der Waals surface area contributed by atoms with Crippen molar-refractivity contribution in [3.8, 4) is 0 Å². The number of nitrogens with one attached hydrogen (secondary N) is 1.